The molecule has 0 saturated heterocycles. The SMILES string of the molecule is COc1c(C(=O)NCc2ccc(F)c(C)c2)nc2n(c1=O)CC1(C(=O)O)CCC2(NC(=O)C(=O)N(C)C)CC1. The van der Waals surface area contributed by atoms with E-state index in [0.717, 1.165) is 9.47 Å². The number of carboxylic acids is 1. The van der Waals surface area contributed by atoms with Gasteiger partial charge in [-0.3, -0.25) is 28.5 Å². The summed E-state index contributed by atoms with van der Waals surface area (Å²) in [6.07, 6.45) is 0.380. The van der Waals surface area contributed by atoms with Gasteiger partial charge in [0.2, 0.25) is 5.75 Å². The Kier molecular flexibility index (Phi) is 7.19. The Morgan fingerprint density at radius 3 is 2.41 bits per heavy atom. The molecule has 1 saturated carbocycles. The van der Waals surface area contributed by atoms with Crippen molar-refractivity contribution in [3.8, 4) is 5.75 Å². The number of hydrogen-bond donors (Lipinski definition) is 3. The number of carbonyl (C=O) groups excluding carboxylic acids is 3. The lowest BCUT2D eigenvalue weighted by molar-refractivity contribution is -0.153. The molecule has 1 aliphatic carbocycles. The second kappa shape index (κ2) is 10.1. The van der Waals surface area contributed by atoms with Crippen LogP contribution in [-0.2, 0) is 33.0 Å². The van der Waals surface area contributed by atoms with E-state index in [1.54, 1.807) is 13.0 Å². The van der Waals surface area contributed by atoms with Crippen molar-refractivity contribution in [2.45, 2.75) is 51.2 Å². The predicted molar refractivity (Wildman–Crippen MR) is 134 cm³/mol. The number of aliphatic carboxylic acids is 1. The van der Waals surface area contributed by atoms with Crippen LogP contribution in [0.3, 0.4) is 0 Å². The van der Waals surface area contributed by atoms with Crippen molar-refractivity contribution in [2.75, 3.05) is 21.2 Å². The zero-order chi connectivity index (χ0) is 28.7. The molecule has 3 amide bonds. The van der Waals surface area contributed by atoms with Crippen LogP contribution in [-0.4, -0.2) is 64.5 Å². The first-order valence-electron chi connectivity index (χ1n) is 12.3. The highest BCUT2D eigenvalue weighted by atomic mass is 19.1. The van der Waals surface area contributed by atoms with E-state index in [2.05, 4.69) is 15.6 Å². The number of rotatable bonds is 6. The van der Waals surface area contributed by atoms with Gasteiger partial charge in [0.1, 0.15) is 11.6 Å². The molecule has 5 rings (SSSR count). The Hall–Kier alpha value is -4.29. The summed E-state index contributed by atoms with van der Waals surface area (Å²) in [5, 5.41) is 15.4. The number of hydrogen-bond acceptors (Lipinski definition) is 7. The summed E-state index contributed by atoms with van der Waals surface area (Å²) in [6, 6.07) is 4.36. The molecule has 3 N–H and O–H groups in total. The number of nitrogens with one attached hydrogen (secondary N) is 2. The van der Waals surface area contributed by atoms with Crippen LogP contribution in [0, 0.1) is 18.2 Å². The maximum atomic E-state index is 13.6. The lowest BCUT2D eigenvalue weighted by Crippen LogP contribution is -2.54. The molecule has 3 aliphatic rings. The summed E-state index contributed by atoms with van der Waals surface area (Å²) in [5.41, 5.74) is -2.79. The highest BCUT2D eigenvalue weighted by Gasteiger charge is 2.55. The average Bonchev–Trinajstić information content (AvgIpc) is 3.13. The Morgan fingerprint density at radius 2 is 1.85 bits per heavy atom. The number of aryl methyl sites for hydroxylation is 1. The lowest BCUT2D eigenvalue weighted by Gasteiger charge is -2.40. The summed E-state index contributed by atoms with van der Waals surface area (Å²) >= 11 is 0. The third-order valence-electron chi connectivity index (χ3n) is 7.58. The molecule has 0 radical (unpaired) electrons. The summed E-state index contributed by atoms with van der Waals surface area (Å²) in [7, 11) is 4.02. The molecule has 1 aromatic carbocycles. The van der Waals surface area contributed by atoms with Gasteiger partial charge in [-0.1, -0.05) is 12.1 Å². The molecule has 3 heterocycles. The molecule has 2 bridgehead atoms. The second-order valence-corrected chi connectivity index (χ2v) is 10.3. The number of halogens is 1. The van der Waals surface area contributed by atoms with Gasteiger partial charge in [0, 0.05) is 27.2 Å². The first-order chi connectivity index (χ1) is 18.3. The Bertz CT molecular complexity index is 1430. The van der Waals surface area contributed by atoms with Crippen molar-refractivity contribution >= 4 is 23.7 Å². The van der Waals surface area contributed by atoms with E-state index < -0.39 is 40.2 Å². The van der Waals surface area contributed by atoms with Crippen LogP contribution in [0.2, 0.25) is 0 Å². The molecule has 13 heteroatoms. The molecule has 1 fully saturated rings. The summed E-state index contributed by atoms with van der Waals surface area (Å²) in [6.45, 7) is 1.35. The Morgan fingerprint density at radius 1 is 1.18 bits per heavy atom. The number of benzene rings is 1. The molecule has 0 unspecified atom stereocenters. The normalized spacial score (nSPS) is 21.4. The molecule has 39 heavy (non-hydrogen) atoms. The van der Waals surface area contributed by atoms with E-state index in [1.165, 1.54) is 33.3 Å². The Labute approximate surface area is 223 Å². The van der Waals surface area contributed by atoms with E-state index in [9.17, 15) is 33.5 Å². The van der Waals surface area contributed by atoms with Gasteiger partial charge in [-0.15, -0.1) is 0 Å². The van der Waals surface area contributed by atoms with Crippen molar-refractivity contribution in [2.24, 2.45) is 5.41 Å². The van der Waals surface area contributed by atoms with Gasteiger partial charge in [-0.25, -0.2) is 9.37 Å². The minimum absolute atomic E-state index is 0.00451. The number of ether oxygens (including phenoxy) is 1. The minimum atomic E-state index is -1.37. The topological polar surface area (TPSA) is 160 Å². The summed E-state index contributed by atoms with van der Waals surface area (Å²) < 4.78 is 20.0. The third kappa shape index (κ3) is 4.84. The van der Waals surface area contributed by atoms with Crippen molar-refractivity contribution in [1.29, 1.82) is 0 Å². The molecule has 2 aromatic rings. The molecule has 2 aliphatic heterocycles. The maximum Gasteiger partial charge on any atom is 0.311 e. The number of amides is 3. The van der Waals surface area contributed by atoms with Crippen LogP contribution < -0.4 is 20.9 Å². The quantitative estimate of drug-likeness (QED) is 0.449. The van der Waals surface area contributed by atoms with Crippen LogP contribution in [0.15, 0.2) is 23.0 Å². The van der Waals surface area contributed by atoms with Gasteiger partial charge in [0.25, 0.3) is 11.5 Å². The van der Waals surface area contributed by atoms with Crippen molar-refractivity contribution in [1.82, 2.24) is 25.1 Å². The summed E-state index contributed by atoms with van der Waals surface area (Å²) in [4.78, 5) is 70.0. The van der Waals surface area contributed by atoms with Crippen LogP contribution in [0.5, 0.6) is 5.75 Å². The zero-order valence-electron chi connectivity index (χ0n) is 22.1. The largest absolute Gasteiger partial charge is 0.489 e. The number of methoxy groups -OCH3 is 1. The molecular weight excluding hydrogens is 513 g/mol. The number of fused-ring (bicyclic) bond motifs is 2. The van der Waals surface area contributed by atoms with Gasteiger partial charge < -0.3 is 25.4 Å². The highest BCUT2D eigenvalue weighted by molar-refractivity contribution is 6.35. The van der Waals surface area contributed by atoms with Crippen molar-refractivity contribution < 1.29 is 33.4 Å². The molecule has 0 atom stereocenters. The third-order valence-corrected chi connectivity index (χ3v) is 7.58. The van der Waals surface area contributed by atoms with Gasteiger partial charge in [-0.2, -0.15) is 0 Å². The number of carbonyl (C=O) groups is 4. The summed E-state index contributed by atoms with van der Waals surface area (Å²) in [5.74, 6) is -4.43. The monoisotopic (exact) mass is 543 g/mol. The second-order valence-electron chi connectivity index (χ2n) is 10.3. The van der Waals surface area contributed by atoms with Crippen LogP contribution in [0.1, 0.15) is 53.1 Å². The molecular formula is C26H30FN5O7. The molecule has 12 nitrogen and oxygen atoms in total. The van der Waals surface area contributed by atoms with Crippen molar-refractivity contribution in [3.63, 3.8) is 0 Å². The van der Waals surface area contributed by atoms with Crippen molar-refractivity contribution in [3.05, 3.63) is 57.0 Å². The van der Waals surface area contributed by atoms with E-state index in [-0.39, 0.29) is 61.9 Å². The fourth-order valence-electron chi connectivity index (χ4n) is 5.25. The highest BCUT2D eigenvalue weighted by Crippen LogP contribution is 2.49. The standard InChI is InChI=1S/C26H30FN5O7/c1-14-11-15(5-6-16(14)27)12-28-19(33)17-18(39-4)21(35)32-13-25(24(37)38)7-9-26(10-8-25,23(32)29-17)30-20(34)22(36)31(2)3/h5-6,11H,7-10,12-13H2,1-4H3,(H,28,33)(H,30,34)(H,37,38). The van der Waals surface area contributed by atoms with E-state index in [0.29, 0.717) is 11.1 Å². The average molecular weight is 544 g/mol. The van der Waals surface area contributed by atoms with Crippen LogP contribution in [0.25, 0.3) is 0 Å². The lowest BCUT2D eigenvalue weighted by atomic mass is 9.68. The smallest absolute Gasteiger partial charge is 0.311 e. The number of likely N-dealkylation sites (N-methyl/N-ethyl adjacent to an activating group) is 1. The first-order valence-corrected chi connectivity index (χ1v) is 12.3. The first kappa shape index (κ1) is 27.7. The van der Waals surface area contributed by atoms with Gasteiger partial charge in [-0.05, 0) is 49.8 Å². The Balaban J connectivity index is 1.80. The van der Waals surface area contributed by atoms with E-state index >= 15 is 0 Å². The molecule has 1 aromatic heterocycles. The van der Waals surface area contributed by atoms with Crippen LogP contribution >= 0.6 is 0 Å². The van der Waals surface area contributed by atoms with Gasteiger partial charge >= 0.3 is 17.8 Å². The fourth-order valence-corrected chi connectivity index (χ4v) is 5.25. The number of aromatic nitrogens is 2. The molecule has 0 spiro atoms. The number of nitrogens with zero attached hydrogens (tertiary/aromatic N) is 3. The van der Waals surface area contributed by atoms with E-state index in [4.69, 9.17) is 4.74 Å². The zero-order valence-corrected chi connectivity index (χ0v) is 22.1. The maximum absolute atomic E-state index is 13.6. The molecule has 208 valence electrons. The predicted octanol–water partition coefficient (Wildman–Crippen LogP) is 0.688. The van der Waals surface area contributed by atoms with Gasteiger partial charge in [0.15, 0.2) is 5.69 Å². The fraction of sp³-hybridized carbons (Fsp3) is 0.462. The van der Waals surface area contributed by atoms with E-state index in [1.807, 2.05) is 0 Å². The van der Waals surface area contributed by atoms with Gasteiger partial charge in [0.05, 0.1) is 18.1 Å². The number of carboxylic acid groups (broad SMARTS) is 1. The minimum Gasteiger partial charge on any atom is -0.489 e. The van der Waals surface area contributed by atoms with Crippen LogP contribution in [0.4, 0.5) is 4.39 Å².